The van der Waals surface area contributed by atoms with Crippen LogP contribution in [0.25, 0.3) is 0 Å². The molecule has 1 aromatic heterocycles. The number of hydrogen-bond acceptors (Lipinski definition) is 4. The number of nitrogens with zero attached hydrogens (tertiary/aromatic N) is 3. The molecule has 2 heterocycles. The van der Waals surface area contributed by atoms with Crippen molar-refractivity contribution >= 4 is 11.7 Å². The summed E-state index contributed by atoms with van der Waals surface area (Å²) in [6.07, 6.45) is 6.22. The first kappa shape index (κ1) is 17.5. The Labute approximate surface area is 160 Å². The van der Waals surface area contributed by atoms with Crippen molar-refractivity contribution < 1.29 is 4.79 Å². The molecule has 2 aliphatic rings. The number of pyridine rings is 1. The Kier molecular flexibility index (Phi) is 5.06. The highest BCUT2D eigenvalue weighted by molar-refractivity contribution is 5.77. The molecule has 1 atom stereocenters. The van der Waals surface area contributed by atoms with Gasteiger partial charge in [0, 0.05) is 31.7 Å². The molecule has 1 aliphatic heterocycles. The summed E-state index contributed by atoms with van der Waals surface area (Å²) >= 11 is 0. The molecular weight excluding hydrogens is 336 g/mol. The van der Waals surface area contributed by atoms with Crippen LogP contribution in [0.4, 0.5) is 5.82 Å². The first-order chi connectivity index (χ1) is 13.2. The van der Waals surface area contributed by atoms with Gasteiger partial charge >= 0.3 is 0 Å². The van der Waals surface area contributed by atoms with E-state index in [1.807, 2.05) is 0 Å². The number of aryl methyl sites for hydroxylation is 1. The normalized spacial score (nSPS) is 19.4. The predicted octanol–water partition coefficient (Wildman–Crippen LogP) is 3.16. The molecule has 138 valence electrons. The summed E-state index contributed by atoms with van der Waals surface area (Å²) in [6.45, 7) is 1.62. The Morgan fingerprint density at radius 3 is 2.81 bits per heavy atom. The second kappa shape index (κ2) is 7.79. The summed E-state index contributed by atoms with van der Waals surface area (Å²) in [5.41, 5.74) is 3.36. The van der Waals surface area contributed by atoms with Crippen LogP contribution in [0.3, 0.4) is 0 Å². The zero-order valence-corrected chi connectivity index (χ0v) is 15.4. The van der Waals surface area contributed by atoms with E-state index in [1.54, 1.807) is 18.3 Å². The van der Waals surface area contributed by atoms with Gasteiger partial charge in [0.1, 0.15) is 11.9 Å². The second-order valence-electron chi connectivity index (χ2n) is 7.45. The zero-order chi connectivity index (χ0) is 18.6. The zero-order valence-electron chi connectivity index (χ0n) is 15.4. The number of aromatic nitrogens is 1. The average Bonchev–Trinajstić information content (AvgIpc) is 3.11. The number of nitriles is 1. The van der Waals surface area contributed by atoms with Crippen molar-refractivity contribution in [2.24, 2.45) is 0 Å². The van der Waals surface area contributed by atoms with Gasteiger partial charge in [-0.2, -0.15) is 5.26 Å². The maximum Gasteiger partial charge on any atom is 0.220 e. The van der Waals surface area contributed by atoms with Gasteiger partial charge in [0.05, 0.1) is 5.56 Å². The van der Waals surface area contributed by atoms with Crippen LogP contribution in [0.5, 0.6) is 0 Å². The fourth-order valence-corrected chi connectivity index (χ4v) is 4.34. The molecule has 5 heteroatoms. The summed E-state index contributed by atoms with van der Waals surface area (Å²) in [7, 11) is 0. The molecule has 1 aliphatic carbocycles. The van der Waals surface area contributed by atoms with E-state index in [0.29, 0.717) is 17.9 Å². The molecule has 2 aromatic rings. The van der Waals surface area contributed by atoms with Crippen molar-refractivity contribution in [3.8, 4) is 6.07 Å². The minimum absolute atomic E-state index is 0.158. The van der Waals surface area contributed by atoms with Gasteiger partial charge in [-0.1, -0.05) is 24.3 Å². The Bertz CT molecular complexity index is 865. The van der Waals surface area contributed by atoms with Gasteiger partial charge in [0.25, 0.3) is 0 Å². The summed E-state index contributed by atoms with van der Waals surface area (Å²) in [5.74, 6) is 1.27. The monoisotopic (exact) mass is 360 g/mol. The van der Waals surface area contributed by atoms with Crippen LogP contribution in [0, 0.1) is 11.3 Å². The van der Waals surface area contributed by atoms with Crippen LogP contribution < -0.4 is 10.2 Å². The van der Waals surface area contributed by atoms with E-state index in [4.69, 9.17) is 0 Å². The van der Waals surface area contributed by atoms with E-state index < -0.39 is 0 Å². The molecule has 1 aromatic carbocycles. The van der Waals surface area contributed by atoms with E-state index in [2.05, 4.69) is 45.5 Å². The topological polar surface area (TPSA) is 69.0 Å². The van der Waals surface area contributed by atoms with Gasteiger partial charge in [0.15, 0.2) is 0 Å². The van der Waals surface area contributed by atoms with Crippen molar-refractivity contribution in [1.29, 1.82) is 5.26 Å². The summed E-state index contributed by atoms with van der Waals surface area (Å²) in [6, 6.07) is 14.5. The number of nitrogens with one attached hydrogen (secondary N) is 1. The summed E-state index contributed by atoms with van der Waals surface area (Å²) in [5, 5.41) is 12.5. The maximum atomic E-state index is 12.5. The Morgan fingerprint density at radius 1 is 1.19 bits per heavy atom. The van der Waals surface area contributed by atoms with E-state index in [1.165, 1.54) is 11.1 Å². The number of anilines is 1. The molecule has 5 nitrogen and oxygen atoms in total. The maximum absolute atomic E-state index is 12.5. The number of piperidine rings is 1. The van der Waals surface area contributed by atoms with Crippen molar-refractivity contribution in [2.75, 3.05) is 18.0 Å². The van der Waals surface area contributed by atoms with E-state index >= 15 is 0 Å². The third-order valence-corrected chi connectivity index (χ3v) is 5.76. The Morgan fingerprint density at radius 2 is 2.00 bits per heavy atom. The van der Waals surface area contributed by atoms with Crippen molar-refractivity contribution in [2.45, 2.75) is 44.1 Å². The smallest absolute Gasteiger partial charge is 0.220 e. The Balaban J connectivity index is 1.30. The van der Waals surface area contributed by atoms with Gasteiger partial charge in [-0.15, -0.1) is 0 Å². The highest BCUT2D eigenvalue weighted by Gasteiger charge is 2.27. The van der Waals surface area contributed by atoms with Crippen LogP contribution in [0.15, 0.2) is 42.6 Å². The summed E-state index contributed by atoms with van der Waals surface area (Å²) in [4.78, 5) is 19.1. The largest absolute Gasteiger partial charge is 0.355 e. The van der Waals surface area contributed by atoms with Crippen LogP contribution in [-0.2, 0) is 11.2 Å². The molecule has 1 saturated heterocycles. The molecular formula is C22H24N4O. The van der Waals surface area contributed by atoms with Crippen LogP contribution >= 0.6 is 0 Å². The van der Waals surface area contributed by atoms with Crippen molar-refractivity contribution in [1.82, 2.24) is 10.3 Å². The standard InChI is InChI=1S/C22H24N4O/c23-15-18-5-3-11-24-22(18)26-12-9-19(10-13-26)25-21(27)14-17-8-7-16-4-1-2-6-20(16)17/h1-6,11,17,19H,7-10,12-14H2,(H,25,27)/t17-/m0/s1. The molecule has 4 rings (SSSR count). The third-order valence-electron chi connectivity index (χ3n) is 5.76. The lowest BCUT2D eigenvalue weighted by atomic mass is 9.97. The molecule has 0 spiro atoms. The number of hydrogen-bond donors (Lipinski definition) is 1. The van der Waals surface area contributed by atoms with Gasteiger partial charge in [-0.25, -0.2) is 4.98 Å². The molecule has 1 N–H and O–H groups in total. The van der Waals surface area contributed by atoms with Gasteiger partial charge < -0.3 is 10.2 Å². The van der Waals surface area contributed by atoms with Gasteiger partial charge in [-0.05, 0) is 54.9 Å². The molecule has 0 saturated carbocycles. The third kappa shape index (κ3) is 3.80. The van der Waals surface area contributed by atoms with Crippen molar-refractivity contribution in [3.05, 3.63) is 59.3 Å². The van der Waals surface area contributed by atoms with Crippen LogP contribution in [-0.4, -0.2) is 30.0 Å². The van der Waals surface area contributed by atoms with Crippen LogP contribution in [0.1, 0.15) is 48.3 Å². The molecule has 0 unspecified atom stereocenters. The number of carbonyl (C=O) groups is 1. The summed E-state index contributed by atoms with van der Waals surface area (Å²) < 4.78 is 0. The quantitative estimate of drug-likeness (QED) is 0.909. The van der Waals surface area contributed by atoms with Gasteiger partial charge in [-0.3, -0.25) is 4.79 Å². The minimum Gasteiger partial charge on any atom is -0.355 e. The van der Waals surface area contributed by atoms with E-state index in [9.17, 15) is 10.1 Å². The Hall–Kier alpha value is -2.87. The SMILES string of the molecule is N#Cc1cccnc1N1CCC(NC(=O)C[C@@H]2CCc3ccccc32)CC1. The molecule has 0 radical (unpaired) electrons. The number of rotatable bonds is 4. The van der Waals surface area contributed by atoms with Crippen LogP contribution in [0.2, 0.25) is 0 Å². The minimum atomic E-state index is 0.158. The first-order valence-electron chi connectivity index (χ1n) is 9.72. The lowest BCUT2D eigenvalue weighted by molar-refractivity contribution is -0.122. The highest BCUT2D eigenvalue weighted by Crippen LogP contribution is 2.35. The number of fused-ring (bicyclic) bond motifs is 1. The molecule has 27 heavy (non-hydrogen) atoms. The molecule has 0 bridgehead atoms. The van der Waals surface area contributed by atoms with Gasteiger partial charge in [0.2, 0.25) is 5.91 Å². The van der Waals surface area contributed by atoms with E-state index in [0.717, 1.165) is 44.6 Å². The number of benzene rings is 1. The first-order valence-corrected chi connectivity index (χ1v) is 9.72. The molecule has 1 fully saturated rings. The van der Waals surface area contributed by atoms with Crippen molar-refractivity contribution in [3.63, 3.8) is 0 Å². The highest BCUT2D eigenvalue weighted by atomic mass is 16.1. The number of amides is 1. The number of carbonyl (C=O) groups excluding carboxylic acids is 1. The lowest BCUT2D eigenvalue weighted by Gasteiger charge is -2.33. The average molecular weight is 360 g/mol. The fourth-order valence-electron chi connectivity index (χ4n) is 4.34. The fraction of sp³-hybridized carbons (Fsp3) is 0.409. The predicted molar refractivity (Wildman–Crippen MR) is 104 cm³/mol. The molecule has 1 amide bonds. The van der Waals surface area contributed by atoms with E-state index in [-0.39, 0.29) is 11.9 Å². The second-order valence-corrected chi connectivity index (χ2v) is 7.45. The lowest BCUT2D eigenvalue weighted by Crippen LogP contribution is -2.45.